The third kappa shape index (κ3) is 2.41. The predicted octanol–water partition coefficient (Wildman–Crippen LogP) is 2.28. The summed E-state index contributed by atoms with van der Waals surface area (Å²) in [5, 5.41) is 0. The van der Waals surface area contributed by atoms with Crippen LogP contribution in [0.4, 0.5) is 4.39 Å². The zero-order valence-corrected chi connectivity index (χ0v) is 9.49. The first kappa shape index (κ1) is 11.5. The van der Waals surface area contributed by atoms with Crippen molar-refractivity contribution in [2.75, 3.05) is 0 Å². The summed E-state index contributed by atoms with van der Waals surface area (Å²) in [7, 11) is -3.82. The minimum atomic E-state index is -3.82. The Balaban J connectivity index is 2.15. The van der Waals surface area contributed by atoms with Gasteiger partial charge in [0.1, 0.15) is 12.3 Å². The molecule has 0 heterocycles. The largest absolute Gasteiger partial charge is 0.297 e. The van der Waals surface area contributed by atoms with Gasteiger partial charge in [-0.25, -0.2) is 4.39 Å². The van der Waals surface area contributed by atoms with E-state index in [4.69, 9.17) is 4.18 Å². The van der Waals surface area contributed by atoms with Crippen molar-refractivity contribution in [3.63, 3.8) is 0 Å². The van der Waals surface area contributed by atoms with Crippen LogP contribution in [0.3, 0.4) is 0 Å². The van der Waals surface area contributed by atoms with Crippen LogP contribution in [0.5, 0.6) is 0 Å². The molecule has 0 saturated heterocycles. The number of hydrogen-bond donors (Lipinski definition) is 0. The first-order chi connectivity index (χ1) is 7.59. The lowest BCUT2D eigenvalue weighted by Gasteiger charge is -2.13. The van der Waals surface area contributed by atoms with Gasteiger partial charge in [0.05, 0.1) is 4.90 Å². The van der Waals surface area contributed by atoms with E-state index >= 15 is 0 Å². The van der Waals surface area contributed by atoms with Gasteiger partial charge in [0.25, 0.3) is 10.1 Å². The average Bonchev–Trinajstić information content (AvgIpc) is 2.65. The van der Waals surface area contributed by atoms with Crippen LogP contribution in [0.2, 0.25) is 0 Å². The van der Waals surface area contributed by atoms with E-state index in [-0.39, 0.29) is 4.90 Å². The van der Waals surface area contributed by atoms with Gasteiger partial charge in [-0.3, -0.25) is 4.18 Å². The molecule has 1 aliphatic rings. The van der Waals surface area contributed by atoms with Crippen molar-refractivity contribution in [1.82, 2.24) is 0 Å². The Kier molecular flexibility index (Phi) is 3.25. The molecular weight excluding hydrogens is 231 g/mol. The van der Waals surface area contributed by atoms with Crippen LogP contribution in [-0.4, -0.2) is 20.7 Å². The second-order valence-electron chi connectivity index (χ2n) is 3.85. The summed E-state index contributed by atoms with van der Waals surface area (Å²) in [5.41, 5.74) is 0. The highest BCUT2D eigenvalue weighted by atomic mass is 32.2. The quantitative estimate of drug-likeness (QED) is 0.766. The Morgan fingerprint density at radius 2 is 1.88 bits per heavy atom. The maximum Gasteiger partial charge on any atom is 0.297 e. The van der Waals surface area contributed by atoms with Crippen LogP contribution < -0.4 is 0 Å². The molecule has 0 spiro atoms. The molecular formula is C11H13FO3S. The molecule has 2 rings (SSSR count). The Labute approximate surface area is 94.4 Å². The lowest BCUT2D eigenvalue weighted by molar-refractivity contribution is 0.131. The van der Waals surface area contributed by atoms with Crippen molar-refractivity contribution in [3.8, 4) is 0 Å². The summed E-state index contributed by atoms with van der Waals surface area (Å²) in [6, 6.07) is 7.82. The second-order valence-corrected chi connectivity index (χ2v) is 5.42. The monoisotopic (exact) mass is 244 g/mol. The highest BCUT2D eigenvalue weighted by molar-refractivity contribution is 7.86. The van der Waals surface area contributed by atoms with Crippen LogP contribution in [0.1, 0.15) is 19.3 Å². The lowest BCUT2D eigenvalue weighted by atomic mass is 10.3. The molecule has 1 saturated carbocycles. The van der Waals surface area contributed by atoms with Gasteiger partial charge in [-0.1, -0.05) is 18.2 Å². The Hall–Kier alpha value is -0.940. The zero-order valence-electron chi connectivity index (χ0n) is 8.67. The van der Waals surface area contributed by atoms with E-state index in [1.165, 1.54) is 12.1 Å². The maximum absolute atomic E-state index is 13.2. The van der Waals surface area contributed by atoms with Crippen LogP contribution in [-0.2, 0) is 14.3 Å². The molecule has 0 N–H and O–H groups in total. The highest BCUT2D eigenvalue weighted by Gasteiger charge is 2.32. The van der Waals surface area contributed by atoms with Gasteiger partial charge in [-0.05, 0) is 31.4 Å². The molecule has 1 aromatic rings. The van der Waals surface area contributed by atoms with Crippen molar-refractivity contribution in [3.05, 3.63) is 30.3 Å². The molecule has 2 atom stereocenters. The maximum atomic E-state index is 13.2. The molecule has 1 fully saturated rings. The summed E-state index contributed by atoms with van der Waals surface area (Å²) < 4.78 is 41.6. The highest BCUT2D eigenvalue weighted by Crippen LogP contribution is 2.27. The molecule has 5 heteroatoms. The van der Waals surface area contributed by atoms with Crippen LogP contribution in [0.25, 0.3) is 0 Å². The SMILES string of the molecule is O=S(=O)(O[C@H]1CCC[C@@H]1F)c1ccccc1. The Morgan fingerprint density at radius 3 is 2.44 bits per heavy atom. The normalized spacial score (nSPS) is 25.8. The van der Waals surface area contributed by atoms with E-state index < -0.39 is 22.4 Å². The van der Waals surface area contributed by atoms with Crippen LogP contribution in [0, 0.1) is 0 Å². The minimum Gasteiger partial charge on any atom is -0.260 e. The second kappa shape index (κ2) is 4.51. The summed E-state index contributed by atoms with van der Waals surface area (Å²) in [6.45, 7) is 0. The fourth-order valence-corrected chi connectivity index (χ4v) is 2.94. The molecule has 0 aromatic heterocycles. The molecule has 1 aromatic carbocycles. The van der Waals surface area contributed by atoms with Crippen molar-refractivity contribution >= 4 is 10.1 Å². The van der Waals surface area contributed by atoms with Crippen molar-refractivity contribution in [1.29, 1.82) is 0 Å². The summed E-state index contributed by atoms with van der Waals surface area (Å²) in [5.74, 6) is 0. The number of hydrogen-bond acceptors (Lipinski definition) is 3. The van der Waals surface area contributed by atoms with Gasteiger partial charge in [-0.15, -0.1) is 0 Å². The lowest BCUT2D eigenvalue weighted by Crippen LogP contribution is -2.23. The fraction of sp³-hybridized carbons (Fsp3) is 0.455. The van der Waals surface area contributed by atoms with Crippen molar-refractivity contribution in [2.45, 2.75) is 36.4 Å². The third-order valence-electron chi connectivity index (χ3n) is 2.65. The topological polar surface area (TPSA) is 43.4 Å². The molecule has 16 heavy (non-hydrogen) atoms. The Morgan fingerprint density at radius 1 is 1.19 bits per heavy atom. The zero-order chi connectivity index (χ0) is 11.6. The summed E-state index contributed by atoms with van der Waals surface area (Å²) in [4.78, 5) is 0.0779. The fourth-order valence-electron chi connectivity index (χ4n) is 1.79. The molecule has 0 amide bonds. The van der Waals surface area contributed by atoms with Crippen molar-refractivity contribution < 1.29 is 17.0 Å². The summed E-state index contributed by atoms with van der Waals surface area (Å²) >= 11 is 0. The molecule has 88 valence electrons. The van der Waals surface area contributed by atoms with Gasteiger partial charge < -0.3 is 0 Å². The number of rotatable bonds is 3. The molecule has 3 nitrogen and oxygen atoms in total. The van der Waals surface area contributed by atoms with Crippen LogP contribution in [0.15, 0.2) is 35.2 Å². The van der Waals surface area contributed by atoms with Crippen LogP contribution >= 0.6 is 0 Å². The predicted molar refractivity (Wildman–Crippen MR) is 57.2 cm³/mol. The average molecular weight is 244 g/mol. The number of benzene rings is 1. The summed E-state index contributed by atoms with van der Waals surface area (Å²) in [6.07, 6.45) is -0.457. The van der Waals surface area contributed by atoms with Gasteiger partial charge >= 0.3 is 0 Å². The number of alkyl halides is 1. The standard InChI is InChI=1S/C11H13FO3S/c12-10-7-4-8-11(10)15-16(13,14)9-5-2-1-3-6-9/h1-3,5-6,10-11H,4,7-8H2/t10-,11-/m0/s1. The minimum absolute atomic E-state index is 0.0779. The van der Waals surface area contributed by atoms with Gasteiger partial charge in [-0.2, -0.15) is 8.42 Å². The van der Waals surface area contributed by atoms with E-state index in [1.54, 1.807) is 18.2 Å². The van der Waals surface area contributed by atoms with E-state index in [0.29, 0.717) is 19.3 Å². The third-order valence-corrected chi connectivity index (χ3v) is 4.00. The van der Waals surface area contributed by atoms with Gasteiger partial charge in [0.2, 0.25) is 0 Å². The van der Waals surface area contributed by atoms with E-state index in [1.807, 2.05) is 0 Å². The van der Waals surface area contributed by atoms with E-state index in [2.05, 4.69) is 0 Å². The molecule has 0 bridgehead atoms. The van der Waals surface area contributed by atoms with Gasteiger partial charge in [0, 0.05) is 0 Å². The Bertz CT molecular complexity index is 444. The first-order valence-electron chi connectivity index (χ1n) is 5.22. The molecule has 1 aliphatic carbocycles. The molecule has 0 unspecified atom stereocenters. The molecule has 0 radical (unpaired) electrons. The smallest absolute Gasteiger partial charge is 0.260 e. The van der Waals surface area contributed by atoms with Gasteiger partial charge in [0.15, 0.2) is 0 Å². The number of halogens is 1. The van der Waals surface area contributed by atoms with Crippen molar-refractivity contribution in [2.24, 2.45) is 0 Å². The first-order valence-corrected chi connectivity index (χ1v) is 6.63. The van der Waals surface area contributed by atoms with E-state index in [0.717, 1.165) is 0 Å². The van der Waals surface area contributed by atoms with E-state index in [9.17, 15) is 12.8 Å². The molecule has 0 aliphatic heterocycles.